The molecule has 3 rings (SSSR count). The van der Waals surface area contributed by atoms with E-state index in [4.69, 9.17) is 4.74 Å². The van der Waals surface area contributed by atoms with Gasteiger partial charge in [0.15, 0.2) is 0 Å². The first-order valence-electron chi connectivity index (χ1n) is 14.1. The van der Waals surface area contributed by atoms with Gasteiger partial charge in [0.2, 0.25) is 0 Å². The summed E-state index contributed by atoms with van der Waals surface area (Å²) in [5, 5.41) is 0. The van der Waals surface area contributed by atoms with Gasteiger partial charge in [-0.3, -0.25) is 0 Å². The van der Waals surface area contributed by atoms with E-state index in [1.165, 1.54) is 101 Å². The van der Waals surface area contributed by atoms with E-state index in [9.17, 15) is 0 Å². The second-order valence-corrected chi connectivity index (χ2v) is 10.3. The van der Waals surface area contributed by atoms with Crippen LogP contribution in [0.2, 0.25) is 0 Å². The zero-order valence-electron chi connectivity index (χ0n) is 21.5. The van der Waals surface area contributed by atoms with Gasteiger partial charge in [0, 0.05) is 0 Å². The van der Waals surface area contributed by atoms with Crippen molar-refractivity contribution < 1.29 is 4.74 Å². The average Bonchev–Trinajstić information content (AvgIpc) is 2.87. The molecule has 1 aliphatic carbocycles. The van der Waals surface area contributed by atoms with E-state index in [0.717, 1.165) is 30.6 Å². The molecule has 0 heterocycles. The molecule has 1 nitrogen and oxygen atoms in total. The highest BCUT2D eigenvalue weighted by atomic mass is 16.5. The molecule has 0 spiro atoms. The molecule has 1 fully saturated rings. The lowest BCUT2D eigenvalue weighted by Gasteiger charge is -2.29. The summed E-state index contributed by atoms with van der Waals surface area (Å²) < 4.78 is 5.96. The monoisotopic (exact) mass is 448 g/mol. The molecule has 1 heteroatoms. The minimum absolute atomic E-state index is 0.767. The fourth-order valence-electron chi connectivity index (χ4n) is 5.41. The minimum Gasteiger partial charge on any atom is -0.494 e. The van der Waals surface area contributed by atoms with Crippen LogP contribution >= 0.6 is 0 Å². The molecule has 33 heavy (non-hydrogen) atoms. The van der Waals surface area contributed by atoms with Crippen molar-refractivity contribution >= 4 is 0 Å². The topological polar surface area (TPSA) is 9.23 Å². The molecule has 0 N–H and O–H groups in total. The molecule has 1 saturated carbocycles. The Bertz CT molecular complexity index is 737. The summed E-state index contributed by atoms with van der Waals surface area (Å²) in [5.74, 6) is 2.75. The van der Waals surface area contributed by atoms with Gasteiger partial charge in [-0.1, -0.05) is 114 Å². The zero-order valence-corrected chi connectivity index (χ0v) is 21.5. The number of benzene rings is 2. The molecule has 1 aliphatic rings. The molecule has 0 aliphatic heterocycles. The van der Waals surface area contributed by atoms with Crippen LogP contribution in [-0.2, 0) is 0 Å². The predicted molar refractivity (Wildman–Crippen MR) is 144 cm³/mol. The van der Waals surface area contributed by atoms with Crippen molar-refractivity contribution in [3.8, 4) is 16.9 Å². The molecule has 0 amide bonds. The Balaban J connectivity index is 1.38. The van der Waals surface area contributed by atoms with E-state index in [-0.39, 0.29) is 0 Å². The van der Waals surface area contributed by atoms with E-state index in [0.29, 0.717) is 0 Å². The third kappa shape index (κ3) is 9.19. The summed E-state index contributed by atoms with van der Waals surface area (Å²) in [6.45, 7) is 5.42. The normalized spacial score (nSPS) is 18.4. The van der Waals surface area contributed by atoms with Crippen LogP contribution in [0.3, 0.4) is 0 Å². The van der Waals surface area contributed by atoms with Crippen LogP contribution in [-0.4, -0.2) is 6.61 Å². The van der Waals surface area contributed by atoms with E-state index in [1.54, 1.807) is 5.56 Å². The van der Waals surface area contributed by atoms with Gasteiger partial charge in [0.1, 0.15) is 5.75 Å². The first-order valence-corrected chi connectivity index (χ1v) is 14.1. The molecular weight excluding hydrogens is 400 g/mol. The molecule has 0 bridgehead atoms. The maximum atomic E-state index is 5.96. The van der Waals surface area contributed by atoms with Crippen LogP contribution < -0.4 is 4.74 Å². The van der Waals surface area contributed by atoms with Crippen molar-refractivity contribution in [1.29, 1.82) is 0 Å². The fraction of sp³-hybridized carbons (Fsp3) is 0.625. The zero-order chi connectivity index (χ0) is 23.1. The number of hydrogen-bond donors (Lipinski definition) is 0. The quantitative estimate of drug-likeness (QED) is 0.246. The Kier molecular flexibility index (Phi) is 11.9. The first-order chi connectivity index (χ1) is 16.3. The van der Waals surface area contributed by atoms with Gasteiger partial charge in [-0.05, 0) is 72.8 Å². The number of ether oxygens (including phenoxy) is 1. The molecule has 182 valence electrons. The summed E-state index contributed by atoms with van der Waals surface area (Å²) in [4.78, 5) is 0. The van der Waals surface area contributed by atoms with Crippen molar-refractivity contribution in [2.24, 2.45) is 5.92 Å². The molecule has 0 radical (unpaired) electrons. The molecule has 2 aromatic rings. The van der Waals surface area contributed by atoms with Gasteiger partial charge < -0.3 is 4.74 Å². The van der Waals surface area contributed by atoms with E-state index in [1.807, 2.05) is 0 Å². The van der Waals surface area contributed by atoms with Crippen molar-refractivity contribution in [1.82, 2.24) is 0 Å². The van der Waals surface area contributed by atoms with Crippen molar-refractivity contribution in [2.75, 3.05) is 6.61 Å². The standard InChI is InChI=1S/C32H48O/c1-3-5-7-8-9-10-12-26-33-32-24-22-31(23-25-32)30-20-18-29(19-21-30)28-16-14-27(15-17-28)13-11-6-4-2/h18-25,27-28H,3-17,26H2,1-2H3. The van der Waals surface area contributed by atoms with Gasteiger partial charge in [0.25, 0.3) is 0 Å². The lowest BCUT2D eigenvalue weighted by atomic mass is 9.77. The minimum atomic E-state index is 0.767. The highest BCUT2D eigenvalue weighted by molar-refractivity contribution is 5.64. The second-order valence-electron chi connectivity index (χ2n) is 10.3. The number of hydrogen-bond acceptors (Lipinski definition) is 1. The van der Waals surface area contributed by atoms with Crippen LogP contribution in [0.15, 0.2) is 48.5 Å². The van der Waals surface area contributed by atoms with E-state index < -0.39 is 0 Å². The predicted octanol–water partition coefficient (Wildman–Crippen LogP) is 10.3. The van der Waals surface area contributed by atoms with Gasteiger partial charge in [-0.15, -0.1) is 0 Å². The first kappa shape index (κ1) is 25.9. The average molecular weight is 449 g/mol. The Morgan fingerprint density at radius 1 is 0.606 bits per heavy atom. The van der Waals surface area contributed by atoms with Gasteiger partial charge in [-0.25, -0.2) is 0 Å². The van der Waals surface area contributed by atoms with Gasteiger partial charge in [-0.2, -0.15) is 0 Å². The summed E-state index contributed by atoms with van der Waals surface area (Å²) in [6.07, 6.45) is 20.5. The maximum absolute atomic E-state index is 5.96. The van der Waals surface area contributed by atoms with Crippen LogP contribution in [0.1, 0.15) is 122 Å². The number of rotatable bonds is 15. The highest BCUT2D eigenvalue weighted by Gasteiger charge is 2.22. The van der Waals surface area contributed by atoms with Gasteiger partial charge >= 0.3 is 0 Å². The lowest BCUT2D eigenvalue weighted by molar-refractivity contribution is 0.303. The highest BCUT2D eigenvalue weighted by Crippen LogP contribution is 2.38. The molecule has 0 atom stereocenters. The van der Waals surface area contributed by atoms with Crippen molar-refractivity contribution in [3.63, 3.8) is 0 Å². The Morgan fingerprint density at radius 2 is 1.15 bits per heavy atom. The Morgan fingerprint density at radius 3 is 1.79 bits per heavy atom. The largest absolute Gasteiger partial charge is 0.494 e. The molecular formula is C32H48O. The summed E-state index contributed by atoms with van der Waals surface area (Å²) >= 11 is 0. The summed E-state index contributed by atoms with van der Waals surface area (Å²) in [6, 6.07) is 18.1. The summed E-state index contributed by atoms with van der Waals surface area (Å²) in [5.41, 5.74) is 4.13. The van der Waals surface area contributed by atoms with E-state index >= 15 is 0 Å². The maximum Gasteiger partial charge on any atom is 0.119 e. The van der Waals surface area contributed by atoms with E-state index in [2.05, 4.69) is 62.4 Å². The Labute approximate surface area is 204 Å². The molecule has 0 saturated heterocycles. The Hall–Kier alpha value is -1.76. The third-order valence-corrected chi connectivity index (χ3v) is 7.65. The van der Waals surface area contributed by atoms with Crippen LogP contribution in [0.4, 0.5) is 0 Å². The third-order valence-electron chi connectivity index (χ3n) is 7.65. The van der Waals surface area contributed by atoms with Crippen molar-refractivity contribution in [3.05, 3.63) is 54.1 Å². The molecule has 2 aromatic carbocycles. The SMILES string of the molecule is CCCCCCCCCOc1ccc(-c2ccc(C3CCC(CCCCC)CC3)cc2)cc1. The fourth-order valence-corrected chi connectivity index (χ4v) is 5.41. The summed E-state index contributed by atoms with van der Waals surface area (Å²) in [7, 11) is 0. The lowest BCUT2D eigenvalue weighted by Crippen LogP contribution is -2.13. The molecule has 0 unspecified atom stereocenters. The number of unbranched alkanes of at least 4 members (excludes halogenated alkanes) is 8. The second kappa shape index (κ2) is 15.2. The van der Waals surface area contributed by atoms with Crippen LogP contribution in [0.25, 0.3) is 11.1 Å². The molecule has 0 aromatic heterocycles. The van der Waals surface area contributed by atoms with Crippen molar-refractivity contribution in [2.45, 2.75) is 116 Å². The van der Waals surface area contributed by atoms with Crippen LogP contribution in [0, 0.1) is 5.92 Å². The van der Waals surface area contributed by atoms with Crippen LogP contribution in [0.5, 0.6) is 5.75 Å². The van der Waals surface area contributed by atoms with Gasteiger partial charge in [0.05, 0.1) is 6.61 Å². The smallest absolute Gasteiger partial charge is 0.119 e.